The third-order valence-electron chi connectivity index (χ3n) is 9.48. The van der Waals surface area contributed by atoms with E-state index in [1.54, 1.807) is 0 Å². The molecule has 0 radical (unpaired) electrons. The minimum Gasteiger partial charge on any atom is -0.294 e. The fraction of sp³-hybridized carbons (Fsp3) is 0. The Morgan fingerprint density at radius 2 is 0.824 bits per heavy atom. The minimum atomic E-state index is 0.607. The molecule has 238 valence electrons. The van der Waals surface area contributed by atoms with Gasteiger partial charge in [0.15, 0.2) is 5.82 Å². The SMILES string of the molecule is N#Cc1ccc(-c2cc(-n3c4ccc(-c5ccccc5)cc4c4cc(-c5ccccc5)ccc43)nc(-c3ccc(-c4ccccc4)cc3)n2)cc1. The first-order chi connectivity index (χ1) is 25.2. The van der Waals surface area contributed by atoms with Gasteiger partial charge in [-0.15, -0.1) is 0 Å². The molecule has 9 rings (SSSR count). The summed E-state index contributed by atoms with van der Waals surface area (Å²) in [5, 5.41) is 11.8. The van der Waals surface area contributed by atoms with Gasteiger partial charge in [0.05, 0.1) is 28.4 Å². The number of aromatic nitrogens is 3. The first kappa shape index (κ1) is 30.0. The highest BCUT2D eigenvalue weighted by Crippen LogP contribution is 2.38. The van der Waals surface area contributed by atoms with E-state index in [0.717, 1.165) is 66.7 Å². The van der Waals surface area contributed by atoms with Gasteiger partial charge in [-0.1, -0.05) is 140 Å². The molecule has 4 nitrogen and oxygen atoms in total. The lowest BCUT2D eigenvalue weighted by atomic mass is 10.0. The molecule has 2 aromatic heterocycles. The van der Waals surface area contributed by atoms with Gasteiger partial charge in [0.2, 0.25) is 0 Å². The molecule has 0 aliphatic rings. The lowest BCUT2D eigenvalue weighted by Gasteiger charge is -2.13. The van der Waals surface area contributed by atoms with Crippen molar-refractivity contribution in [1.82, 2.24) is 14.5 Å². The van der Waals surface area contributed by atoms with Crippen molar-refractivity contribution in [1.29, 1.82) is 5.26 Å². The average molecular weight is 651 g/mol. The second-order valence-electron chi connectivity index (χ2n) is 12.6. The third-order valence-corrected chi connectivity index (χ3v) is 9.48. The number of hydrogen-bond acceptors (Lipinski definition) is 3. The number of fused-ring (bicyclic) bond motifs is 3. The molecular formula is C47H30N4. The number of rotatable bonds is 6. The van der Waals surface area contributed by atoms with Crippen LogP contribution in [0.2, 0.25) is 0 Å². The molecule has 0 unspecified atom stereocenters. The fourth-order valence-electron chi connectivity index (χ4n) is 6.87. The number of nitrogens with zero attached hydrogens (tertiary/aromatic N) is 4. The summed E-state index contributed by atoms with van der Waals surface area (Å²) in [7, 11) is 0. The zero-order valence-electron chi connectivity index (χ0n) is 27.6. The standard InChI is InChI=1S/C47H30N4/c48-31-32-16-18-37(19-17-32)43-30-46(50-47(49-43)38-22-20-36(21-23-38)33-10-4-1-5-11-33)51-44-26-24-39(34-12-6-2-7-13-34)28-41(44)42-29-40(25-27-45(42)51)35-14-8-3-9-15-35/h1-30H. The molecule has 0 bridgehead atoms. The smallest absolute Gasteiger partial charge is 0.162 e. The van der Waals surface area contributed by atoms with E-state index in [4.69, 9.17) is 9.97 Å². The number of benzene rings is 7. The van der Waals surface area contributed by atoms with Crippen LogP contribution in [0.15, 0.2) is 182 Å². The first-order valence-electron chi connectivity index (χ1n) is 17.0. The summed E-state index contributed by atoms with van der Waals surface area (Å²) < 4.78 is 2.25. The molecule has 51 heavy (non-hydrogen) atoms. The Morgan fingerprint density at radius 3 is 1.33 bits per heavy atom. The van der Waals surface area contributed by atoms with Crippen LogP contribution in [0, 0.1) is 11.3 Å². The van der Waals surface area contributed by atoms with Crippen molar-refractivity contribution < 1.29 is 0 Å². The fourth-order valence-corrected chi connectivity index (χ4v) is 6.87. The van der Waals surface area contributed by atoms with Crippen LogP contribution in [0.25, 0.3) is 83.6 Å². The molecule has 4 heteroatoms. The van der Waals surface area contributed by atoms with Gasteiger partial charge in [0, 0.05) is 28.0 Å². The minimum absolute atomic E-state index is 0.607. The van der Waals surface area contributed by atoms with E-state index in [9.17, 15) is 5.26 Å². The third kappa shape index (κ3) is 5.63. The van der Waals surface area contributed by atoms with E-state index >= 15 is 0 Å². The predicted molar refractivity (Wildman–Crippen MR) is 208 cm³/mol. The number of hydrogen-bond donors (Lipinski definition) is 0. The largest absolute Gasteiger partial charge is 0.294 e. The number of nitriles is 1. The molecule has 0 fully saturated rings. The summed E-state index contributed by atoms with van der Waals surface area (Å²) in [6.07, 6.45) is 0. The molecule has 2 heterocycles. The highest BCUT2D eigenvalue weighted by atomic mass is 15.1. The van der Waals surface area contributed by atoms with Crippen LogP contribution >= 0.6 is 0 Å². The highest BCUT2D eigenvalue weighted by Gasteiger charge is 2.18. The Hall–Kier alpha value is -7.09. The van der Waals surface area contributed by atoms with Crippen molar-refractivity contribution in [2.24, 2.45) is 0 Å². The van der Waals surface area contributed by atoms with Crippen LogP contribution in [0.3, 0.4) is 0 Å². The second kappa shape index (κ2) is 12.7. The van der Waals surface area contributed by atoms with Crippen LogP contribution in [-0.4, -0.2) is 14.5 Å². The van der Waals surface area contributed by atoms with Crippen molar-refractivity contribution >= 4 is 21.8 Å². The molecule has 0 spiro atoms. The van der Waals surface area contributed by atoms with Gasteiger partial charge in [-0.25, -0.2) is 9.97 Å². The van der Waals surface area contributed by atoms with E-state index in [2.05, 4.69) is 150 Å². The second-order valence-corrected chi connectivity index (χ2v) is 12.6. The maximum atomic E-state index is 9.47. The molecule has 0 amide bonds. The zero-order valence-corrected chi connectivity index (χ0v) is 27.6. The summed E-state index contributed by atoms with van der Waals surface area (Å²) >= 11 is 0. The van der Waals surface area contributed by atoms with Crippen LogP contribution in [-0.2, 0) is 0 Å². The van der Waals surface area contributed by atoms with Gasteiger partial charge in [-0.3, -0.25) is 4.57 Å². The Bertz CT molecular complexity index is 2610. The van der Waals surface area contributed by atoms with Crippen molar-refractivity contribution in [3.05, 3.63) is 188 Å². The van der Waals surface area contributed by atoms with Crippen LogP contribution < -0.4 is 0 Å². The Kier molecular flexibility index (Phi) is 7.50. The van der Waals surface area contributed by atoms with Gasteiger partial charge in [0.1, 0.15) is 5.82 Å². The summed E-state index contributed by atoms with van der Waals surface area (Å²) in [5.41, 5.74) is 12.3. The van der Waals surface area contributed by atoms with Crippen molar-refractivity contribution in [2.45, 2.75) is 0 Å². The quantitative estimate of drug-likeness (QED) is 0.180. The Labute approximate surface area is 296 Å². The highest BCUT2D eigenvalue weighted by molar-refractivity contribution is 6.11. The van der Waals surface area contributed by atoms with E-state index in [-0.39, 0.29) is 0 Å². The maximum absolute atomic E-state index is 9.47. The molecule has 0 atom stereocenters. The van der Waals surface area contributed by atoms with Crippen molar-refractivity contribution in [3.63, 3.8) is 0 Å². The molecule has 9 aromatic rings. The van der Waals surface area contributed by atoms with Gasteiger partial charge < -0.3 is 0 Å². The summed E-state index contributed by atoms with van der Waals surface area (Å²) in [6, 6.07) is 65.1. The molecule has 0 saturated heterocycles. The zero-order chi connectivity index (χ0) is 34.1. The monoisotopic (exact) mass is 650 g/mol. The predicted octanol–water partition coefficient (Wildman–Crippen LogP) is 11.8. The van der Waals surface area contributed by atoms with Gasteiger partial charge >= 0.3 is 0 Å². The van der Waals surface area contributed by atoms with Gasteiger partial charge in [0.25, 0.3) is 0 Å². The normalized spacial score (nSPS) is 11.1. The van der Waals surface area contributed by atoms with Crippen LogP contribution in [0.4, 0.5) is 0 Å². The maximum Gasteiger partial charge on any atom is 0.162 e. The summed E-state index contributed by atoms with van der Waals surface area (Å²) in [6.45, 7) is 0. The lowest BCUT2D eigenvalue weighted by Crippen LogP contribution is -2.02. The van der Waals surface area contributed by atoms with Crippen LogP contribution in [0.5, 0.6) is 0 Å². The molecule has 0 saturated carbocycles. The summed E-state index contributed by atoms with van der Waals surface area (Å²) in [5.74, 6) is 1.40. The van der Waals surface area contributed by atoms with E-state index in [0.29, 0.717) is 11.4 Å². The first-order valence-corrected chi connectivity index (χ1v) is 17.0. The Balaban J connectivity index is 1.28. The van der Waals surface area contributed by atoms with E-state index in [1.165, 1.54) is 11.1 Å². The molecule has 0 aliphatic heterocycles. The van der Waals surface area contributed by atoms with Gasteiger partial charge in [-0.05, 0) is 69.8 Å². The topological polar surface area (TPSA) is 54.5 Å². The lowest BCUT2D eigenvalue weighted by molar-refractivity contribution is 1.05. The van der Waals surface area contributed by atoms with Crippen molar-refractivity contribution in [2.75, 3.05) is 0 Å². The Morgan fingerprint density at radius 1 is 0.392 bits per heavy atom. The van der Waals surface area contributed by atoms with Crippen molar-refractivity contribution in [3.8, 4) is 67.9 Å². The molecular weight excluding hydrogens is 621 g/mol. The van der Waals surface area contributed by atoms with E-state index < -0.39 is 0 Å². The average Bonchev–Trinajstić information content (AvgIpc) is 3.55. The molecule has 0 aliphatic carbocycles. The summed E-state index contributed by atoms with van der Waals surface area (Å²) in [4.78, 5) is 10.4. The molecule has 0 N–H and O–H groups in total. The van der Waals surface area contributed by atoms with E-state index in [1.807, 2.05) is 42.5 Å². The van der Waals surface area contributed by atoms with Crippen LogP contribution in [0.1, 0.15) is 5.56 Å². The molecule has 7 aromatic carbocycles. The van der Waals surface area contributed by atoms with Gasteiger partial charge in [-0.2, -0.15) is 5.26 Å².